The molecule has 6 rings (SSSR count). The molecule has 0 atom stereocenters. The Bertz CT molecular complexity index is 1370. The van der Waals surface area contributed by atoms with Gasteiger partial charge in [0.05, 0.1) is 35.1 Å². The zero-order valence-electron chi connectivity index (χ0n) is 17.2. The van der Waals surface area contributed by atoms with Crippen molar-refractivity contribution >= 4 is 61.3 Å². The van der Waals surface area contributed by atoms with E-state index in [1.54, 1.807) is 11.3 Å². The molecule has 160 valence electrons. The quantitative estimate of drug-likeness (QED) is 0.356. The van der Waals surface area contributed by atoms with Gasteiger partial charge in [0.25, 0.3) is 0 Å². The third-order valence-electron chi connectivity index (χ3n) is 5.51. The molecule has 8 nitrogen and oxygen atoms in total. The van der Waals surface area contributed by atoms with Gasteiger partial charge in [0.2, 0.25) is 5.95 Å². The van der Waals surface area contributed by atoms with Crippen molar-refractivity contribution in [1.82, 2.24) is 20.2 Å². The smallest absolute Gasteiger partial charge is 0.229 e. The van der Waals surface area contributed by atoms with Crippen LogP contribution in [0.3, 0.4) is 0 Å². The van der Waals surface area contributed by atoms with Gasteiger partial charge in [0.1, 0.15) is 0 Å². The highest BCUT2D eigenvalue weighted by atomic mass is 32.1. The number of benzene rings is 2. The Hall–Kier alpha value is -3.69. The predicted octanol–water partition coefficient (Wildman–Crippen LogP) is 4.89. The third-order valence-corrected chi connectivity index (χ3v) is 6.42. The molecule has 2 aromatic carbocycles. The first-order valence-electron chi connectivity index (χ1n) is 10.5. The van der Waals surface area contributed by atoms with E-state index in [0.29, 0.717) is 5.95 Å². The fraction of sp³-hybridized carbons (Fsp3) is 0.174. The van der Waals surface area contributed by atoms with E-state index in [-0.39, 0.29) is 0 Å². The first kappa shape index (κ1) is 19.0. The fourth-order valence-corrected chi connectivity index (χ4v) is 4.64. The van der Waals surface area contributed by atoms with Crippen molar-refractivity contribution < 1.29 is 4.74 Å². The van der Waals surface area contributed by atoms with Gasteiger partial charge in [-0.3, -0.25) is 5.10 Å². The Kier molecular flexibility index (Phi) is 4.82. The number of fused-ring (bicyclic) bond motifs is 2. The Balaban J connectivity index is 1.26. The number of rotatable bonds is 5. The topological polar surface area (TPSA) is 91.0 Å². The van der Waals surface area contributed by atoms with Crippen molar-refractivity contribution in [1.29, 1.82) is 0 Å². The third kappa shape index (κ3) is 3.72. The lowest BCUT2D eigenvalue weighted by atomic mass is 10.2. The van der Waals surface area contributed by atoms with E-state index in [2.05, 4.69) is 56.1 Å². The molecule has 0 bridgehead atoms. The minimum absolute atomic E-state index is 0.557. The van der Waals surface area contributed by atoms with Crippen LogP contribution in [0.25, 0.3) is 21.1 Å². The molecule has 0 saturated carbocycles. The van der Waals surface area contributed by atoms with Crippen LogP contribution in [0.1, 0.15) is 0 Å². The average Bonchev–Trinajstić information content (AvgIpc) is 3.49. The van der Waals surface area contributed by atoms with Gasteiger partial charge in [-0.2, -0.15) is 10.1 Å². The lowest BCUT2D eigenvalue weighted by Gasteiger charge is -2.28. The molecule has 0 aliphatic carbocycles. The van der Waals surface area contributed by atoms with Crippen molar-refractivity contribution in [3.8, 4) is 0 Å². The summed E-state index contributed by atoms with van der Waals surface area (Å²) in [6, 6.07) is 16.5. The van der Waals surface area contributed by atoms with E-state index >= 15 is 0 Å². The fourth-order valence-electron chi connectivity index (χ4n) is 3.87. The van der Waals surface area contributed by atoms with Crippen molar-refractivity contribution in [2.24, 2.45) is 0 Å². The van der Waals surface area contributed by atoms with E-state index in [0.717, 1.165) is 64.6 Å². The molecule has 5 aromatic rings. The van der Waals surface area contributed by atoms with Gasteiger partial charge in [-0.15, -0.1) is 11.3 Å². The zero-order chi connectivity index (χ0) is 21.3. The summed E-state index contributed by atoms with van der Waals surface area (Å²) < 4.78 is 6.46. The number of morpholine rings is 1. The van der Waals surface area contributed by atoms with Crippen molar-refractivity contribution in [2.75, 3.05) is 41.8 Å². The van der Waals surface area contributed by atoms with Crippen LogP contribution >= 0.6 is 11.3 Å². The Labute approximate surface area is 188 Å². The molecule has 1 aliphatic heterocycles. The van der Waals surface area contributed by atoms with Crippen LogP contribution in [0.15, 0.2) is 60.1 Å². The highest BCUT2D eigenvalue weighted by Crippen LogP contribution is 2.31. The second kappa shape index (κ2) is 8.10. The van der Waals surface area contributed by atoms with Crippen LogP contribution in [0, 0.1) is 0 Å². The maximum absolute atomic E-state index is 5.44. The van der Waals surface area contributed by atoms with Gasteiger partial charge in [-0.25, -0.2) is 4.98 Å². The largest absolute Gasteiger partial charge is 0.378 e. The first-order valence-corrected chi connectivity index (χ1v) is 11.3. The van der Waals surface area contributed by atoms with Gasteiger partial charge in [0, 0.05) is 35.5 Å². The van der Waals surface area contributed by atoms with Gasteiger partial charge in [0.15, 0.2) is 5.82 Å². The summed E-state index contributed by atoms with van der Waals surface area (Å²) in [5.74, 6) is 1.34. The highest BCUT2D eigenvalue weighted by molar-refractivity contribution is 7.17. The standard InChI is InChI=1S/C23H21N7OS/c1-4-18(30-8-10-31-11-9-30)5-2-16(1)26-23-27-20-7-12-32-21(20)22(28-23)25-17-3-6-19-15(13-17)14-24-29-19/h1-7,12-14H,8-11H2,(H,24,29)(H2,25,26,27,28). The normalized spacial score (nSPS) is 14.2. The summed E-state index contributed by atoms with van der Waals surface area (Å²) >= 11 is 1.62. The maximum atomic E-state index is 5.44. The molecule has 32 heavy (non-hydrogen) atoms. The molecule has 0 unspecified atom stereocenters. The monoisotopic (exact) mass is 443 g/mol. The molecule has 1 saturated heterocycles. The second-order valence-electron chi connectivity index (χ2n) is 7.60. The average molecular weight is 444 g/mol. The molecular weight excluding hydrogens is 422 g/mol. The Morgan fingerprint density at radius 1 is 0.938 bits per heavy atom. The summed E-state index contributed by atoms with van der Waals surface area (Å²) in [6.07, 6.45) is 1.81. The molecule has 4 heterocycles. The number of nitrogens with zero attached hydrogens (tertiary/aromatic N) is 4. The van der Waals surface area contributed by atoms with Crippen LogP contribution in [0.5, 0.6) is 0 Å². The minimum atomic E-state index is 0.557. The van der Waals surface area contributed by atoms with Gasteiger partial charge >= 0.3 is 0 Å². The van der Waals surface area contributed by atoms with Gasteiger partial charge in [-0.1, -0.05) is 0 Å². The molecule has 3 aromatic heterocycles. The van der Waals surface area contributed by atoms with Crippen molar-refractivity contribution in [3.05, 3.63) is 60.1 Å². The number of aromatic amines is 1. The van der Waals surface area contributed by atoms with E-state index in [9.17, 15) is 0 Å². The van der Waals surface area contributed by atoms with Crippen LogP contribution in [0.4, 0.5) is 28.8 Å². The Morgan fingerprint density at radius 2 is 1.78 bits per heavy atom. The summed E-state index contributed by atoms with van der Waals surface area (Å²) in [7, 11) is 0. The summed E-state index contributed by atoms with van der Waals surface area (Å²) in [4.78, 5) is 11.8. The Morgan fingerprint density at radius 3 is 2.66 bits per heavy atom. The number of hydrogen-bond acceptors (Lipinski definition) is 8. The van der Waals surface area contributed by atoms with Gasteiger partial charge < -0.3 is 20.3 Å². The minimum Gasteiger partial charge on any atom is -0.378 e. The first-order chi connectivity index (χ1) is 15.8. The molecule has 1 fully saturated rings. The number of anilines is 5. The van der Waals surface area contributed by atoms with E-state index in [1.165, 1.54) is 5.69 Å². The number of H-pyrrole nitrogens is 1. The van der Waals surface area contributed by atoms with Crippen LogP contribution in [-0.2, 0) is 4.74 Å². The lowest BCUT2D eigenvalue weighted by Crippen LogP contribution is -2.36. The SMILES string of the molecule is c1cc2nc(Nc3ccc(N4CCOCC4)cc3)nc(Nc3ccc4[nH]ncc4c3)c2s1. The molecule has 0 radical (unpaired) electrons. The number of hydrogen-bond donors (Lipinski definition) is 3. The number of nitrogens with one attached hydrogen (secondary N) is 3. The molecule has 1 aliphatic rings. The lowest BCUT2D eigenvalue weighted by molar-refractivity contribution is 0.122. The second-order valence-corrected chi connectivity index (χ2v) is 8.52. The number of thiophene rings is 1. The predicted molar refractivity (Wildman–Crippen MR) is 130 cm³/mol. The highest BCUT2D eigenvalue weighted by Gasteiger charge is 2.13. The zero-order valence-corrected chi connectivity index (χ0v) is 18.0. The number of aromatic nitrogens is 4. The van der Waals surface area contributed by atoms with E-state index in [4.69, 9.17) is 14.7 Å². The number of ether oxygens (including phenoxy) is 1. The van der Waals surface area contributed by atoms with Crippen molar-refractivity contribution in [2.45, 2.75) is 0 Å². The van der Waals surface area contributed by atoms with Crippen LogP contribution in [-0.4, -0.2) is 46.5 Å². The van der Waals surface area contributed by atoms with Crippen LogP contribution < -0.4 is 15.5 Å². The van der Waals surface area contributed by atoms with Gasteiger partial charge in [-0.05, 0) is 53.9 Å². The molecule has 9 heteroatoms. The maximum Gasteiger partial charge on any atom is 0.229 e. The van der Waals surface area contributed by atoms with Crippen molar-refractivity contribution in [3.63, 3.8) is 0 Å². The van der Waals surface area contributed by atoms with Crippen LogP contribution in [0.2, 0.25) is 0 Å². The summed E-state index contributed by atoms with van der Waals surface area (Å²) in [6.45, 7) is 3.39. The van der Waals surface area contributed by atoms with E-state index < -0.39 is 0 Å². The molecular formula is C23H21N7OS. The molecule has 3 N–H and O–H groups in total. The van der Waals surface area contributed by atoms with E-state index in [1.807, 2.05) is 29.8 Å². The molecule has 0 spiro atoms. The molecule has 0 amide bonds. The summed E-state index contributed by atoms with van der Waals surface area (Å²) in [5.41, 5.74) is 5.01. The summed E-state index contributed by atoms with van der Waals surface area (Å²) in [5, 5.41) is 17.0.